The molecule has 21 heavy (non-hydrogen) atoms. The van der Waals surface area contributed by atoms with E-state index in [4.69, 9.17) is 10.5 Å². The van der Waals surface area contributed by atoms with Crippen molar-refractivity contribution in [1.29, 1.82) is 0 Å². The molecule has 0 aromatic heterocycles. The summed E-state index contributed by atoms with van der Waals surface area (Å²) >= 11 is 0. The van der Waals surface area contributed by atoms with E-state index in [0.29, 0.717) is 56.3 Å². The monoisotopic (exact) mass is 291 g/mol. The lowest BCUT2D eigenvalue weighted by Gasteiger charge is -2.32. The van der Waals surface area contributed by atoms with Crippen LogP contribution in [0, 0.1) is 0 Å². The van der Waals surface area contributed by atoms with E-state index in [-0.39, 0.29) is 11.7 Å². The van der Waals surface area contributed by atoms with Crippen molar-refractivity contribution in [2.24, 2.45) is 0 Å². The summed E-state index contributed by atoms with van der Waals surface area (Å²) in [6, 6.07) is 3.43. The molecule has 2 fully saturated rings. The number of ether oxygens (including phenoxy) is 1. The Bertz CT molecular complexity index is 518. The highest BCUT2D eigenvalue weighted by molar-refractivity contribution is 5.96. The molecular weight excluding hydrogens is 270 g/mol. The van der Waals surface area contributed by atoms with Gasteiger partial charge < -0.3 is 25.4 Å². The molecule has 0 radical (unpaired) electrons. The molecule has 3 rings (SSSR count). The van der Waals surface area contributed by atoms with Gasteiger partial charge in [-0.25, -0.2) is 0 Å². The van der Waals surface area contributed by atoms with E-state index in [2.05, 4.69) is 0 Å². The number of hydrogen-bond acceptors (Lipinski definition) is 5. The fourth-order valence-corrected chi connectivity index (χ4v) is 2.99. The summed E-state index contributed by atoms with van der Waals surface area (Å²) in [4.78, 5) is 15.7. The molecule has 1 amide bonds. The van der Waals surface area contributed by atoms with E-state index < -0.39 is 0 Å². The lowest BCUT2D eigenvalue weighted by atomic mass is 10.1. The third-order valence-corrected chi connectivity index (χ3v) is 4.07. The zero-order valence-corrected chi connectivity index (χ0v) is 12.0. The van der Waals surface area contributed by atoms with E-state index in [1.807, 2.05) is 4.90 Å². The summed E-state index contributed by atoms with van der Waals surface area (Å²) in [6.45, 7) is 3.37. The van der Waals surface area contributed by atoms with Gasteiger partial charge in [0.1, 0.15) is 11.4 Å². The van der Waals surface area contributed by atoms with Gasteiger partial charge >= 0.3 is 0 Å². The van der Waals surface area contributed by atoms with E-state index >= 15 is 0 Å². The predicted molar refractivity (Wildman–Crippen MR) is 81.8 cm³/mol. The van der Waals surface area contributed by atoms with Gasteiger partial charge in [-0.1, -0.05) is 0 Å². The summed E-state index contributed by atoms with van der Waals surface area (Å²) < 4.78 is 5.32. The first kappa shape index (κ1) is 14.0. The summed E-state index contributed by atoms with van der Waals surface area (Å²) in [5, 5.41) is 10.3. The number of anilines is 3. The molecule has 2 heterocycles. The Balaban J connectivity index is 1.89. The number of nitrogen functional groups attached to an aromatic ring is 1. The van der Waals surface area contributed by atoms with E-state index in [1.165, 1.54) is 0 Å². The van der Waals surface area contributed by atoms with Crippen molar-refractivity contribution in [2.45, 2.75) is 19.3 Å². The minimum Gasteiger partial charge on any atom is -0.506 e. The molecule has 1 aromatic rings. The van der Waals surface area contributed by atoms with Crippen LogP contribution in [0.5, 0.6) is 5.75 Å². The number of piperidine rings is 1. The highest BCUT2D eigenvalue weighted by Gasteiger charge is 2.23. The molecular formula is C15H21N3O3. The number of amides is 1. The zero-order valence-electron chi connectivity index (χ0n) is 12.0. The molecule has 0 unspecified atom stereocenters. The lowest BCUT2D eigenvalue weighted by molar-refractivity contribution is -0.119. The van der Waals surface area contributed by atoms with Crippen molar-refractivity contribution in [2.75, 3.05) is 48.4 Å². The maximum absolute atomic E-state index is 12.0. The number of aromatic hydroxyl groups is 1. The fraction of sp³-hybridized carbons (Fsp3) is 0.533. The van der Waals surface area contributed by atoms with Gasteiger partial charge in [-0.2, -0.15) is 0 Å². The van der Waals surface area contributed by atoms with Crippen molar-refractivity contribution in [3.63, 3.8) is 0 Å². The molecule has 0 bridgehead atoms. The molecule has 2 aliphatic rings. The van der Waals surface area contributed by atoms with Gasteiger partial charge in [0, 0.05) is 37.8 Å². The Morgan fingerprint density at radius 2 is 1.90 bits per heavy atom. The Morgan fingerprint density at radius 3 is 2.57 bits per heavy atom. The van der Waals surface area contributed by atoms with Crippen molar-refractivity contribution in [3.05, 3.63) is 12.1 Å². The van der Waals surface area contributed by atoms with Crippen LogP contribution in [0.3, 0.4) is 0 Å². The molecule has 114 valence electrons. The van der Waals surface area contributed by atoms with Crippen molar-refractivity contribution in [1.82, 2.24) is 0 Å². The molecule has 2 saturated heterocycles. The largest absolute Gasteiger partial charge is 0.506 e. The molecule has 6 heteroatoms. The first-order valence-electron chi connectivity index (χ1n) is 7.42. The van der Waals surface area contributed by atoms with Crippen molar-refractivity contribution >= 4 is 23.0 Å². The number of phenolic OH excluding ortho intramolecular Hbond substituents is 1. The third-order valence-electron chi connectivity index (χ3n) is 4.07. The average Bonchev–Trinajstić information content (AvgIpc) is 2.48. The Kier molecular flexibility index (Phi) is 3.88. The average molecular weight is 291 g/mol. The van der Waals surface area contributed by atoms with Crippen molar-refractivity contribution < 1.29 is 14.6 Å². The Labute approximate surface area is 124 Å². The fourth-order valence-electron chi connectivity index (χ4n) is 2.99. The van der Waals surface area contributed by atoms with E-state index in [1.54, 1.807) is 17.0 Å². The standard InChI is InChI=1S/C15H21N3O3/c16-12-9-11(18-4-2-1-3-14(18)20)10-13(19)15(12)17-5-7-21-8-6-17/h9-10,19H,1-8,16H2. The van der Waals surface area contributed by atoms with Gasteiger partial charge in [0.25, 0.3) is 0 Å². The summed E-state index contributed by atoms with van der Waals surface area (Å²) in [6.07, 6.45) is 2.48. The van der Waals surface area contributed by atoms with Crippen LogP contribution in [-0.2, 0) is 9.53 Å². The molecule has 0 atom stereocenters. The lowest BCUT2D eigenvalue weighted by Crippen LogP contribution is -2.37. The highest BCUT2D eigenvalue weighted by Crippen LogP contribution is 2.38. The zero-order chi connectivity index (χ0) is 14.8. The van der Waals surface area contributed by atoms with E-state index in [9.17, 15) is 9.90 Å². The van der Waals surface area contributed by atoms with Crippen LogP contribution in [-0.4, -0.2) is 43.9 Å². The number of nitrogens with two attached hydrogens (primary N) is 1. The van der Waals surface area contributed by atoms with Gasteiger partial charge in [0.15, 0.2) is 0 Å². The highest BCUT2D eigenvalue weighted by atomic mass is 16.5. The van der Waals surface area contributed by atoms with Crippen molar-refractivity contribution in [3.8, 4) is 5.75 Å². The quantitative estimate of drug-likeness (QED) is 0.804. The van der Waals surface area contributed by atoms with E-state index in [0.717, 1.165) is 12.8 Å². The second kappa shape index (κ2) is 5.81. The van der Waals surface area contributed by atoms with Gasteiger partial charge in [-0.15, -0.1) is 0 Å². The van der Waals surface area contributed by atoms with Crippen LogP contribution in [0.2, 0.25) is 0 Å². The molecule has 0 aliphatic carbocycles. The topological polar surface area (TPSA) is 79.0 Å². The normalized spacial score (nSPS) is 19.9. The Morgan fingerprint density at radius 1 is 1.14 bits per heavy atom. The number of phenols is 1. The van der Waals surface area contributed by atoms with Gasteiger partial charge in [0.2, 0.25) is 5.91 Å². The first-order valence-corrected chi connectivity index (χ1v) is 7.42. The second-order valence-electron chi connectivity index (χ2n) is 5.50. The Hall–Kier alpha value is -1.95. The minimum atomic E-state index is 0.0965. The van der Waals surface area contributed by atoms with Crippen LogP contribution in [0.15, 0.2) is 12.1 Å². The number of carbonyl (C=O) groups excluding carboxylic acids is 1. The third kappa shape index (κ3) is 2.76. The van der Waals surface area contributed by atoms with Crippen LogP contribution in [0.25, 0.3) is 0 Å². The molecule has 2 aliphatic heterocycles. The molecule has 3 N–H and O–H groups in total. The molecule has 1 aromatic carbocycles. The first-order chi connectivity index (χ1) is 10.2. The van der Waals surface area contributed by atoms with Gasteiger partial charge in [0.05, 0.1) is 18.9 Å². The maximum Gasteiger partial charge on any atom is 0.226 e. The number of hydrogen-bond donors (Lipinski definition) is 2. The minimum absolute atomic E-state index is 0.0965. The SMILES string of the molecule is Nc1cc(N2CCCCC2=O)cc(O)c1N1CCOCC1. The summed E-state index contributed by atoms with van der Waals surface area (Å²) in [5.74, 6) is 0.226. The number of carbonyl (C=O) groups is 1. The molecule has 6 nitrogen and oxygen atoms in total. The number of rotatable bonds is 2. The van der Waals surface area contributed by atoms with Crippen LogP contribution in [0.4, 0.5) is 17.1 Å². The molecule has 0 saturated carbocycles. The molecule has 0 spiro atoms. The smallest absolute Gasteiger partial charge is 0.226 e. The predicted octanol–water partition coefficient (Wildman–Crippen LogP) is 1.33. The second-order valence-corrected chi connectivity index (χ2v) is 5.50. The number of morpholine rings is 1. The maximum atomic E-state index is 12.0. The van der Waals surface area contributed by atoms with Gasteiger partial charge in [-0.3, -0.25) is 4.79 Å². The van der Waals surface area contributed by atoms with Gasteiger partial charge in [-0.05, 0) is 18.9 Å². The number of nitrogens with zero attached hydrogens (tertiary/aromatic N) is 2. The van der Waals surface area contributed by atoms with Crippen LogP contribution < -0.4 is 15.5 Å². The van der Waals surface area contributed by atoms with Crippen LogP contribution in [0.1, 0.15) is 19.3 Å². The number of benzene rings is 1. The summed E-state index contributed by atoms with van der Waals surface area (Å²) in [5.41, 5.74) is 7.96. The van der Waals surface area contributed by atoms with Crippen LogP contribution >= 0.6 is 0 Å². The summed E-state index contributed by atoms with van der Waals surface area (Å²) in [7, 11) is 0.